The number of hydrogen-bond acceptors (Lipinski definition) is 2. The van der Waals surface area contributed by atoms with Gasteiger partial charge in [-0.05, 0) is 61.8 Å². The van der Waals surface area contributed by atoms with Crippen molar-refractivity contribution in [1.82, 2.24) is 0 Å². The summed E-state index contributed by atoms with van der Waals surface area (Å²) in [5, 5.41) is 8.22. The van der Waals surface area contributed by atoms with Gasteiger partial charge >= 0.3 is 0 Å². The van der Waals surface area contributed by atoms with Crippen molar-refractivity contribution in [1.29, 1.82) is 0 Å². The van der Waals surface area contributed by atoms with Gasteiger partial charge in [0.05, 0.1) is 0 Å². The third kappa shape index (κ3) is 1.29. The first kappa shape index (κ1) is 11.6. The summed E-state index contributed by atoms with van der Waals surface area (Å²) in [5.74, 6) is 0. The van der Waals surface area contributed by atoms with E-state index in [1.165, 1.54) is 22.2 Å². The molecule has 22 heavy (non-hydrogen) atoms. The fourth-order valence-electron chi connectivity index (χ4n) is 3.54. The predicted molar refractivity (Wildman–Crippen MR) is 89.2 cm³/mol. The molecule has 2 aliphatic rings. The number of fused-ring (bicyclic) bond motifs is 6. The van der Waals surface area contributed by atoms with Crippen molar-refractivity contribution in [2.45, 2.75) is 0 Å². The summed E-state index contributed by atoms with van der Waals surface area (Å²) in [5.41, 5.74) is -0.843. The smallest absolute Gasteiger partial charge is 0.233 e. The second kappa shape index (κ2) is 3.80. The van der Waals surface area contributed by atoms with E-state index >= 15 is 0 Å². The minimum atomic E-state index is -0.438. The molecule has 2 aliphatic carbocycles. The summed E-state index contributed by atoms with van der Waals surface area (Å²) < 4.78 is 0. The van der Waals surface area contributed by atoms with Gasteiger partial charge in [-0.1, -0.05) is 36.4 Å². The normalized spacial score (nSPS) is 12.0. The Kier molecular flexibility index (Phi) is 2.01. The molecule has 0 amide bonds. The van der Waals surface area contributed by atoms with Crippen molar-refractivity contribution in [2.75, 3.05) is 0 Å². The lowest BCUT2D eigenvalue weighted by molar-refractivity contribution is 1.40. The average Bonchev–Trinajstić information content (AvgIpc) is 3.09. The summed E-state index contributed by atoms with van der Waals surface area (Å²) in [6.07, 6.45) is 0. The van der Waals surface area contributed by atoms with Crippen LogP contribution >= 0.6 is 0 Å². The fourth-order valence-corrected chi connectivity index (χ4v) is 3.54. The topological polar surface area (TPSA) is 34.1 Å². The maximum absolute atomic E-state index is 12.1. The molecule has 0 saturated carbocycles. The van der Waals surface area contributed by atoms with Gasteiger partial charge in [-0.2, -0.15) is 0 Å². The highest BCUT2D eigenvalue weighted by molar-refractivity contribution is 6.21. The van der Waals surface area contributed by atoms with Crippen LogP contribution in [-0.2, 0) is 0 Å². The fraction of sp³-hybridized carbons (Fsp3) is 0. The van der Waals surface area contributed by atoms with E-state index in [4.69, 9.17) is 0 Å². The van der Waals surface area contributed by atoms with E-state index < -0.39 is 10.9 Å². The molecule has 5 rings (SSSR count). The van der Waals surface area contributed by atoms with Crippen LogP contribution in [0, 0.1) is 10.4 Å². The molecule has 2 heteroatoms. The van der Waals surface area contributed by atoms with Crippen LogP contribution in [-0.4, -0.2) is 0 Å². The molecule has 0 N–H and O–H groups in total. The van der Waals surface area contributed by atoms with Crippen molar-refractivity contribution in [2.24, 2.45) is 0 Å². The van der Waals surface area contributed by atoms with Crippen molar-refractivity contribution >= 4 is 32.3 Å². The molecule has 0 bridgehead atoms. The Bertz CT molecular complexity index is 1350. The first-order valence-corrected chi connectivity index (χ1v) is 7.21. The van der Waals surface area contributed by atoms with Gasteiger partial charge in [0.2, 0.25) is 10.9 Å². The molecule has 0 saturated heterocycles. The van der Waals surface area contributed by atoms with E-state index in [1.807, 2.05) is 18.2 Å². The van der Waals surface area contributed by atoms with Crippen molar-refractivity contribution < 1.29 is 0 Å². The summed E-state index contributed by atoms with van der Waals surface area (Å²) in [4.78, 5) is 23.7. The van der Waals surface area contributed by atoms with E-state index in [2.05, 4.69) is 30.3 Å². The van der Waals surface area contributed by atoms with E-state index in [0.29, 0.717) is 5.22 Å². The molecule has 0 aliphatic heterocycles. The molecule has 0 heterocycles. The van der Waals surface area contributed by atoms with Crippen LogP contribution in [0.1, 0.15) is 0 Å². The minimum Gasteiger partial charge on any atom is -0.286 e. The predicted octanol–water partition coefficient (Wildman–Crippen LogP) is 3.47. The molecular weight excluding hydrogens is 272 g/mol. The summed E-state index contributed by atoms with van der Waals surface area (Å²) in [7, 11) is 0. The molecule has 0 fully saturated rings. The number of rotatable bonds is 0. The zero-order valence-corrected chi connectivity index (χ0v) is 11.6. The standard InChI is InChI=1S/C20H10O2/c21-19-8-7-15-14-6-5-13-12-4-2-1-3-11(12)9-16(13)17(14)10-18(15)20(19)22/h1-10H. The zero-order valence-electron chi connectivity index (χ0n) is 11.6. The quantitative estimate of drug-likeness (QED) is 0.408. The molecular formula is C20H10O2. The summed E-state index contributed by atoms with van der Waals surface area (Å²) >= 11 is 0. The summed E-state index contributed by atoms with van der Waals surface area (Å²) in [6.45, 7) is 0. The Hall–Kier alpha value is -3.00. The molecule has 0 radical (unpaired) electrons. The molecule has 2 nitrogen and oxygen atoms in total. The van der Waals surface area contributed by atoms with Gasteiger partial charge in [-0.15, -0.1) is 0 Å². The van der Waals surface area contributed by atoms with Crippen LogP contribution < -0.4 is 10.9 Å². The van der Waals surface area contributed by atoms with Gasteiger partial charge in [0, 0.05) is 5.22 Å². The largest absolute Gasteiger partial charge is 0.286 e. The summed E-state index contributed by atoms with van der Waals surface area (Å²) in [6, 6.07) is 19.6. The second-order valence-electron chi connectivity index (χ2n) is 5.72. The van der Waals surface area contributed by atoms with Crippen molar-refractivity contribution in [3.05, 3.63) is 91.5 Å². The Morgan fingerprint density at radius 3 is 2.23 bits per heavy atom. The highest BCUT2D eigenvalue weighted by atomic mass is 16.2. The van der Waals surface area contributed by atoms with Crippen LogP contribution in [0.5, 0.6) is 0 Å². The number of hydrogen-bond donors (Lipinski definition) is 0. The highest BCUT2D eigenvalue weighted by Gasteiger charge is 2.11. The van der Waals surface area contributed by atoms with Gasteiger partial charge in [-0.25, -0.2) is 0 Å². The van der Waals surface area contributed by atoms with Crippen LogP contribution in [0.4, 0.5) is 0 Å². The van der Waals surface area contributed by atoms with Crippen molar-refractivity contribution in [3.63, 3.8) is 0 Å². The Labute approximate surface area is 124 Å². The molecule has 0 atom stereocenters. The van der Waals surface area contributed by atoms with E-state index in [0.717, 1.165) is 21.4 Å². The molecule has 0 aromatic heterocycles. The Morgan fingerprint density at radius 1 is 0.545 bits per heavy atom. The van der Waals surface area contributed by atoms with Gasteiger partial charge < -0.3 is 0 Å². The van der Waals surface area contributed by atoms with Gasteiger partial charge in [0.1, 0.15) is 0 Å². The maximum Gasteiger partial charge on any atom is 0.233 e. The highest BCUT2D eigenvalue weighted by Crippen LogP contribution is 2.34. The molecule has 102 valence electrons. The lowest BCUT2D eigenvalue weighted by Crippen LogP contribution is -2.22. The third-order valence-corrected chi connectivity index (χ3v) is 4.58. The van der Waals surface area contributed by atoms with Gasteiger partial charge in [-0.3, -0.25) is 9.59 Å². The van der Waals surface area contributed by atoms with E-state index in [1.54, 1.807) is 6.07 Å². The van der Waals surface area contributed by atoms with Crippen molar-refractivity contribution in [3.8, 4) is 0 Å². The molecule has 0 spiro atoms. The third-order valence-electron chi connectivity index (χ3n) is 4.58. The van der Waals surface area contributed by atoms with E-state index in [9.17, 15) is 9.59 Å². The van der Waals surface area contributed by atoms with Crippen LogP contribution in [0.2, 0.25) is 0 Å². The molecule has 3 aromatic rings. The molecule has 3 aromatic carbocycles. The monoisotopic (exact) mass is 282 g/mol. The zero-order chi connectivity index (χ0) is 14.8. The van der Waals surface area contributed by atoms with Gasteiger partial charge in [0.15, 0.2) is 0 Å². The van der Waals surface area contributed by atoms with Gasteiger partial charge in [0.25, 0.3) is 0 Å². The van der Waals surface area contributed by atoms with Crippen LogP contribution in [0.15, 0.2) is 70.3 Å². The Balaban J connectivity index is 2.13. The maximum atomic E-state index is 12.1. The lowest BCUT2D eigenvalue weighted by Gasteiger charge is -1.95. The number of benzene rings is 2. The average molecular weight is 282 g/mol. The van der Waals surface area contributed by atoms with Crippen LogP contribution in [0.3, 0.4) is 0 Å². The van der Waals surface area contributed by atoms with E-state index in [-0.39, 0.29) is 0 Å². The SMILES string of the molecule is O=c1ccc2c3ccc4c5ccccc5cc4c3cc=2c1=O. The first-order chi connectivity index (χ1) is 10.7. The second-order valence-corrected chi connectivity index (χ2v) is 5.72. The van der Waals surface area contributed by atoms with Crippen LogP contribution in [0.25, 0.3) is 32.3 Å². The minimum absolute atomic E-state index is 0.405. The first-order valence-electron chi connectivity index (χ1n) is 7.21. The molecule has 0 unspecified atom stereocenters. The Morgan fingerprint density at radius 2 is 1.32 bits per heavy atom. The lowest BCUT2D eigenvalue weighted by atomic mass is 10.1.